The maximum atomic E-state index is 13.9. The van der Waals surface area contributed by atoms with E-state index in [4.69, 9.17) is 4.74 Å². The van der Waals surface area contributed by atoms with Crippen LogP contribution in [0.25, 0.3) is 0 Å². The number of amides is 1. The van der Waals surface area contributed by atoms with Gasteiger partial charge in [-0.25, -0.2) is 8.78 Å². The number of nitrogens with one attached hydrogen (secondary N) is 1. The van der Waals surface area contributed by atoms with Crippen LogP contribution in [-0.4, -0.2) is 58.0 Å². The zero-order chi connectivity index (χ0) is 26.2. The number of hydrogen-bond acceptors (Lipinski definition) is 6. The monoisotopic (exact) mass is 505 g/mol. The molecular weight excluding hydrogens is 468 g/mol. The topological polar surface area (TPSA) is 94.9 Å². The lowest BCUT2D eigenvalue weighted by molar-refractivity contribution is -0.131. The van der Waals surface area contributed by atoms with Crippen LogP contribution in [0.5, 0.6) is 5.75 Å². The van der Waals surface area contributed by atoms with Gasteiger partial charge in [-0.2, -0.15) is 0 Å². The second-order valence-corrected chi connectivity index (χ2v) is 9.31. The summed E-state index contributed by atoms with van der Waals surface area (Å²) in [6, 6.07) is 5.60. The molecule has 1 fully saturated rings. The van der Waals surface area contributed by atoms with Gasteiger partial charge in [0.1, 0.15) is 29.7 Å². The zero-order valence-electron chi connectivity index (χ0n) is 21.2. The van der Waals surface area contributed by atoms with Gasteiger partial charge in [0, 0.05) is 49.3 Å². The lowest BCUT2D eigenvalue weighted by Crippen LogP contribution is -2.48. The summed E-state index contributed by atoms with van der Waals surface area (Å²) in [4.78, 5) is 18.9. The minimum absolute atomic E-state index is 0.0183. The number of aliphatic hydroxyl groups is 2. The smallest absolute Gasteiger partial charge is 0.226 e. The fourth-order valence-corrected chi connectivity index (χ4v) is 4.88. The van der Waals surface area contributed by atoms with Gasteiger partial charge in [-0.15, -0.1) is 0 Å². The largest absolute Gasteiger partial charge is 0.494 e. The number of rotatable bonds is 13. The van der Waals surface area contributed by atoms with E-state index >= 15 is 0 Å². The molecule has 2 unspecified atom stereocenters. The van der Waals surface area contributed by atoms with Gasteiger partial charge in [0.2, 0.25) is 5.91 Å². The highest BCUT2D eigenvalue weighted by Gasteiger charge is 2.43. The fraction of sp³-hybridized carbons (Fsp3) is 0.556. The van der Waals surface area contributed by atoms with Gasteiger partial charge in [-0.3, -0.25) is 15.1 Å². The highest BCUT2D eigenvalue weighted by molar-refractivity contribution is 5.81. The average molecular weight is 506 g/mol. The van der Waals surface area contributed by atoms with Gasteiger partial charge in [0.25, 0.3) is 0 Å². The molecule has 1 aliphatic rings. The number of carbonyl (C=O) groups is 1. The van der Waals surface area contributed by atoms with Crippen molar-refractivity contribution in [2.75, 3.05) is 19.7 Å². The maximum absolute atomic E-state index is 13.9. The summed E-state index contributed by atoms with van der Waals surface area (Å²) in [6.45, 7) is 7.29. The number of ether oxygens (including phenoxy) is 1. The molecule has 5 atom stereocenters. The number of aromatic nitrogens is 1. The van der Waals surface area contributed by atoms with Crippen LogP contribution in [0.3, 0.4) is 0 Å². The molecule has 3 rings (SSSR count). The van der Waals surface area contributed by atoms with Crippen LogP contribution in [0.1, 0.15) is 57.4 Å². The van der Waals surface area contributed by atoms with E-state index in [0.29, 0.717) is 43.1 Å². The zero-order valence-corrected chi connectivity index (χ0v) is 21.2. The van der Waals surface area contributed by atoms with Crippen molar-refractivity contribution in [1.29, 1.82) is 0 Å². The van der Waals surface area contributed by atoms with E-state index in [0.717, 1.165) is 18.9 Å². The second kappa shape index (κ2) is 13.1. The predicted molar refractivity (Wildman–Crippen MR) is 132 cm³/mol. The summed E-state index contributed by atoms with van der Waals surface area (Å²) in [6.07, 6.45) is 1.59. The molecule has 1 aromatic carbocycles. The van der Waals surface area contributed by atoms with E-state index in [1.807, 2.05) is 13.8 Å². The SMILES string of the molecule is CCCCN1CC([C@H](O)N[C@@H](Cc2cc(F)cc(F)c2)[C@H](O)c2cc(OCC)ccn2)C(CC)C1=O. The molecule has 0 aliphatic carbocycles. The molecule has 1 saturated heterocycles. The number of aliphatic hydroxyl groups excluding tert-OH is 2. The summed E-state index contributed by atoms with van der Waals surface area (Å²) in [7, 11) is 0. The normalized spacial score (nSPS) is 20.4. The quantitative estimate of drug-likeness (QED) is 0.360. The number of carbonyl (C=O) groups excluding carboxylic acids is 1. The molecule has 2 heterocycles. The number of likely N-dealkylation sites (tertiary alicyclic amines) is 1. The molecule has 0 saturated carbocycles. The van der Waals surface area contributed by atoms with Gasteiger partial charge in [0.05, 0.1) is 12.3 Å². The predicted octanol–water partition coefficient (Wildman–Crippen LogP) is 3.60. The Morgan fingerprint density at radius 1 is 1.17 bits per heavy atom. The van der Waals surface area contributed by atoms with Gasteiger partial charge in [-0.1, -0.05) is 20.3 Å². The van der Waals surface area contributed by atoms with Crippen LogP contribution in [-0.2, 0) is 11.2 Å². The summed E-state index contributed by atoms with van der Waals surface area (Å²) in [5, 5.41) is 25.5. The van der Waals surface area contributed by atoms with Crippen molar-refractivity contribution in [2.24, 2.45) is 11.8 Å². The maximum Gasteiger partial charge on any atom is 0.226 e. The number of benzene rings is 1. The minimum Gasteiger partial charge on any atom is -0.494 e. The molecule has 198 valence electrons. The van der Waals surface area contributed by atoms with Crippen molar-refractivity contribution < 1.29 is 28.5 Å². The molecule has 1 amide bonds. The first-order chi connectivity index (χ1) is 17.3. The summed E-state index contributed by atoms with van der Waals surface area (Å²) in [5.74, 6) is -1.65. The van der Waals surface area contributed by atoms with E-state index < -0.39 is 30.0 Å². The molecule has 7 nitrogen and oxygen atoms in total. The highest BCUT2D eigenvalue weighted by Crippen LogP contribution is 2.31. The first-order valence-electron chi connectivity index (χ1n) is 12.7. The lowest BCUT2D eigenvalue weighted by atomic mass is 9.90. The minimum atomic E-state index is -1.22. The van der Waals surface area contributed by atoms with Crippen molar-refractivity contribution in [1.82, 2.24) is 15.2 Å². The Kier molecular flexibility index (Phi) is 10.2. The fourth-order valence-electron chi connectivity index (χ4n) is 4.88. The average Bonchev–Trinajstić information content (AvgIpc) is 3.16. The molecular formula is C27H37F2N3O4. The Labute approximate surface area is 211 Å². The van der Waals surface area contributed by atoms with Crippen molar-refractivity contribution >= 4 is 5.91 Å². The molecule has 0 radical (unpaired) electrons. The Morgan fingerprint density at radius 2 is 1.89 bits per heavy atom. The van der Waals surface area contributed by atoms with Crippen molar-refractivity contribution in [3.05, 3.63) is 59.4 Å². The van der Waals surface area contributed by atoms with E-state index in [9.17, 15) is 23.8 Å². The van der Waals surface area contributed by atoms with Crippen molar-refractivity contribution in [3.8, 4) is 5.75 Å². The van der Waals surface area contributed by atoms with Crippen LogP contribution in [0.15, 0.2) is 36.5 Å². The molecule has 3 N–H and O–H groups in total. The summed E-state index contributed by atoms with van der Waals surface area (Å²) < 4.78 is 33.3. The molecule has 1 aromatic heterocycles. The molecule has 36 heavy (non-hydrogen) atoms. The van der Waals surface area contributed by atoms with Gasteiger partial charge >= 0.3 is 0 Å². The molecule has 2 aromatic rings. The summed E-state index contributed by atoms with van der Waals surface area (Å²) >= 11 is 0. The van der Waals surface area contributed by atoms with Gasteiger partial charge in [-0.05, 0) is 49.9 Å². The first kappa shape index (κ1) is 28.0. The third-order valence-electron chi connectivity index (χ3n) is 6.71. The van der Waals surface area contributed by atoms with Crippen LogP contribution in [0, 0.1) is 23.5 Å². The number of unbranched alkanes of at least 4 members (excludes halogenated alkanes) is 1. The summed E-state index contributed by atoms with van der Waals surface area (Å²) in [5.41, 5.74) is 0.609. The number of hydrogen-bond donors (Lipinski definition) is 3. The first-order valence-corrected chi connectivity index (χ1v) is 12.7. The Hall–Kier alpha value is -2.62. The lowest BCUT2D eigenvalue weighted by Gasteiger charge is -2.31. The number of nitrogens with zero attached hydrogens (tertiary/aromatic N) is 2. The molecule has 0 spiro atoms. The van der Waals surface area contributed by atoms with Gasteiger partial charge < -0.3 is 19.8 Å². The molecule has 0 bridgehead atoms. The second-order valence-electron chi connectivity index (χ2n) is 9.31. The van der Waals surface area contributed by atoms with Crippen LogP contribution in [0.4, 0.5) is 8.78 Å². The van der Waals surface area contributed by atoms with E-state index in [2.05, 4.69) is 17.2 Å². The van der Waals surface area contributed by atoms with Gasteiger partial charge in [0.15, 0.2) is 0 Å². The van der Waals surface area contributed by atoms with E-state index in [1.165, 1.54) is 18.3 Å². The van der Waals surface area contributed by atoms with Crippen LogP contribution < -0.4 is 10.1 Å². The highest BCUT2D eigenvalue weighted by atomic mass is 19.1. The van der Waals surface area contributed by atoms with E-state index in [-0.39, 0.29) is 24.2 Å². The van der Waals surface area contributed by atoms with Crippen molar-refractivity contribution in [2.45, 2.75) is 64.8 Å². The third kappa shape index (κ3) is 6.99. The Bertz CT molecular complexity index is 988. The molecule has 9 heteroatoms. The van der Waals surface area contributed by atoms with Crippen LogP contribution in [0.2, 0.25) is 0 Å². The van der Waals surface area contributed by atoms with Crippen LogP contribution >= 0.6 is 0 Å². The molecule has 1 aliphatic heterocycles. The van der Waals surface area contributed by atoms with Crippen molar-refractivity contribution in [3.63, 3.8) is 0 Å². The number of pyridine rings is 1. The standard InChI is InChI=1S/C27H37F2N3O4/c1-4-7-10-32-16-22(21(5-2)27(32)35)26(34)31-24(13-17-11-18(28)14-19(29)12-17)25(33)23-15-20(36-6-3)8-9-30-23/h8-9,11-12,14-15,21-22,24-26,31,33-34H,4-7,10,13,16H2,1-3H3/t21?,22?,24-,25+,26-/m0/s1. The third-order valence-corrected chi connectivity index (χ3v) is 6.71. The Morgan fingerprint density at radius 3 is 2.53 bits per heavy atom. The Balaban J connectivity index is 1.86. The number of halogens is 2. The van der Waals surface area contributed by atoms with E-state index in [1.54, 1.807) is 17.0 Å².